The summed E-state index contributed by atoms with van der Waals surface area (Å²) < 4.78 is 5.30. The second-order valence-corrected chi connectivity index (χ2v) is 3.71. The Bertz CT molecular complexity index is 173. The first-order valence-corrected chi connectivity index (χ1v) is 5.65. The van der Waals surface area contributed by atoms with Gasteiger partial charge in [0.25, 0.3) is 0 Å². The average molecular weight is 217 g/mol. The Labute approximate surface area is 92.0 Å². The third-order valence-corrected chi connectivity index (χ3v) is 2.41. The summed E-state index contributed by atoms with van der Waals surface area (Å²) in [5, 5.41) is 11.6. The fourth-order valence-corrected chi connectivity index (χ4v) is 1.14. The summed E-state index contributed by atoms with van der Waals surface area (Å²) >= 11 is 0. The van der Waals surface area contributed by atoms with Gasteiger partial charge < -0.3 is 15.2 Å². The van der Waals surface area contributed by atoms with E-state index in [1.54, 1.807) is 0 Å². The van der Waals surface area contributed by atoms with Crippen LogP contribution in [0, 0.1) is 0 Å². The zero-order chi connectivity index (χ0) is 11.7. The minimum atomic E-state index is -0.101. The van der Waals surface area contributed by atoms with Gasteiger partial charge in [0.1, 0.15) is 6.61 Å². The molecule has 0 aromatic rings. The number of hydrogen-bond acceptors (Lipinski definition) is 3. The molecule has 0 spiro atoms. The van der Waals surface area contributed by atoms with Crippen LogP contribution in [0.2, 0.25) is 0 Å². The maximum absolute atomic E-state index is 11.4. The first kappa shape index (κ1) is 14.4. The summed E-state index contributed by atoms with van der Waals surface area (Å²) in [4.78, 5) is 11.4. The molecule has 2 unspecified atom stereocenters. The Hall–Kier alpha value is -0.610. The fraction of sp³-hybridized carbons (Fsp3) is 0.909. The predicted molar refractivity (Wildman–Crippen MR) is 59.6 cm³/mol. The maximum atomic E-state index is 11.4. The number of hydrogen-bond donors (Lipinski definition) is 2. The Morgan fingerprint density at radius 2 is 2.07 bits per heavy atom. The molecule has 2 atom stereocenters. The van der Waals surface area contributed by atoms with Crippen molar-refractivity contribution in [2.75, 3.05) is 13.2 Å². The van der Waals surface area contributed by atoms with Crippen molar-refractivity contribution in [1.29, 1.82) is 0 Å². The van der Waals surface area contributed by atoms with Gasteiger partial charge in [0.05, 0.1) is 6.10 Å². The molecule has 0 fully saturated rings. The van der Waals surface area contributed by atoms with E-state index in [1.165, 1.54) is 0 Å². The Balaban J connectivity index is 3.70. The van der Waals surface area contributed by atoms with Gasteiger partial charge in [0.2, 0.25) is 5.91 Å². The molecule has 0 aromatic heterocycles. The molecule has 4 heteroatoms. The van der Waals surface area contributed by atoms with Crippen LogP contribution in [0.3, 0.4) is 0 Å². The number of rotatable bonds is 8. The van der Waals surface area contributed by atoms with E-state index in [-0.39, 0.29) is 31.3 Å². The van der Waals surface area contributed by atoms with Crippen LogP contribution in [0.4, 0.5) is 0 Å². The summed E-state index contributed by atoms with van der Waals surface area (Å²) in [5.41, 5.74) is 0. The summed E-state index contributed by atoms with van der Waals surface area (Å²) in [6.07, 6.45) is 2.45. The number of nitrogens with one attached hydrogen (secondary N) is 1. The van der Waals surface area contributed by atoms with Gasteiger partial charge in [-0.1, -0.05) is 13.8 Å². The normalized spacial score (nSPS) is 14.7. The second kappa shape index (κ2) is 8.68. The monoisotopic (exact) mass is 217 g/mol. The van der Waals surface area contributed by atoms with Crippen molar-refractivity contribution in [3.63, 3.8) is 0 Å². The molecule has 90 valence electrons. The van der Waals surface area contributed by atoms with Crippen molar-refractivity contribution in [2.24, 2.45) is 0 Å². The molecule has 0 saturated carbocycles. The topological polar surface area (TPSA) is 58.6 Å². The molecule has 1 amide bonds. The van der Waals surface area contributed by atoms with Crippen molar-refractivity contribution >= 4 is 5.91 Å². The highest BCUT2D eigenvalue weighted by Crippen LogP contribution is 1.98. The van der Waals surface area contributed by atoms with E-state index in [0.29, 0.717) is 6.42 Å². The van der Waals surface area contributed by atoms with E-state index in [0.717, 1.165) is 12.8 Å². The quantitative estimate of drug-likeness (QED) is 0.639. The molecule has 15 heavy (non-hydrogen) atoms. The fourth-order valence-electron chi connectivity index (χ4n) is 1.14. The van der Waals surface area contributed by atoms with Gasteiger partial charge in [0, 0.05) is 12.6 Å². The lowest BCUT2D eigenvalue weighted by molar-refractivity contribution is -0.128. The van der Waals surface area contributed by atoms with Gasteiger partial charge in [-0.25, -0.2) is 0 Å². The van der Waals surface area contributed by atoms with Crippen molar-refractivity contribution in [3.8, 4) is 0 Å². The van der Waals surface area contributed by atoms with Crippen molar-refractivity contribution < 1.29 is 14.6 Å². The number of ether oxygens (including phenoxy) is 1. The standard InChI is InChI=1S/C11H23NO3/c1-4-9(3)15-8-11(14)12-10(5-2)6-7-13/h9-10,13H,4-8H2,1-3H3,(H,12,14). The summed E-state index contributed by atoms with van der Waals surface area (Å²) in [7, 11) is 0. The predicted octanol–water partition coefficient (Wildman–Crippen LogP) is 1.08. The van der Waals surface area contributed by atoms with Crippen LogP contribution in [-0.2, 0) is 9.53 Å². The molecule has 0 rings (SSSR count). The lowest BCUT2D eigenvalue weighted by Crippen LogP contribution is -2.38. The van der Waals surface area contributed by atoms with Gasteiger partial charge in [-0.2, -0.15) is 0 Å². The van der Waals surface area contributed by atoms with E-state index in [1.807, 2.05) is 20.8 Å². The lowest BCUT2D eigenvalue weighted by Gasteiger charge is -2.16. The number of amides is 1. The number of aliphatic hydroxyl groups excluding tert-OH is 1. The molecule has 0 heterocycles. The average Bonchev–Trinajstić information content (AvgIpc) is 2.25. The van der Waals surface area contributed by atoms with Crippen LogP contribution in [0.15, 0.2) is 0 Å². The zero-order valence-corrected chi connectivity index (χ0v) is 9.95. The highest BCUT2D eigenvalue weighted by molar-refractivity contribution is 5.77. The van der Waals surface area contributed by atoms with Gasteiger partial charge >= 0.3 is 0 Å². The van der Waals surface area contributed by atoms with Crippen molar-refractivity contribution in [3.05, 3.63) is 0 Å². The number of carbonyl (C=O) groups is 1. The van der Waals surface area contributed by atoms with Crippen LogP contribution in [-0.4, -0.2) is 36.4 Å². The molecule has 0 saturated heterocycles. The molecular weight excluding hydrogens is 194 g/mol. The van der Waals surface area contributed by atoms with E-state index in [9.17, 15) is 4.79 Å². The molecule has 0 bridgehead atoms. The van der Waals surface area contributed by atoms with Crippen molar-refractivity contribution in [2.45, 2.75) is 52.2 Å². The van der Waals surface area contributed by atoms with Crippen molar-refractivity contribution in [1.82, 2.24) is 5.32 Å². The Morgan fingerprint density at radius 1 is 1.40 bits per heavy atom. The van der Waals surface area contributed by atoms with Crippen LogP contribution < -0.4 is 5.32 Å². The molecule has 0 radical (unpaired) electrons. The number of aliphatic hydroxyl groups is 1. The molecule has 4 nitrogen and oxygen atoms in total. The zero-order valence-electron chi connectivity index (χ0n) is 9.95. The SMILES string of the molecule is CCC(CCO)NC(=O)COC(C)CC. The highest BCUT2D eigenvalue weighted by Gasteiger charge is 2.10. The molecule has 0 aliphatic carbocycles. The lowest BCUT2D eigenvalue weighted by atomic mass is 10.1. The largest absolute Gasteiger partial charge is 0.396 e. The first-order valence-electron chi connectivity index (χ1n) is 5.65. The maximum Gasteiger partial charge on any atom is 0.246 e. The smallest absolute Gasteiger partial charge is 0.246 e. The second-order valence-electron chi connectivity index (χ2n) is 3.71. The minimum Gasteiger partial charge on any atom is -0.396 e. The first-order chi connectivity index (χ1) is 7.13. The van der Waals surface area contributed by atoms with Gasteiger partial charge in [-0.15, -0.1) is 0 Å². The molecule has 0 aromatic carbocycles. The van der Waals surface area contributed by atoms with E-state index < -0.39 is 0 Å². The van der Waals surface area contributed by atoms with Gasteiger partial charge in [-0.05, 0) is 26.2 Å². The molecule has 0 aliphatic heterocycles. The van der Waals surface area contributed by atoms with Crippen LogP contribution in [0.5, 0.6) is 0 Å². The third-order valence-electron chi connectivity index (χ3n) is 2.41. The summed E-state index contributed by atoms with van der Waals surface area (Å²) in [6, 6.07) is 0.0584. The summed E-state index contributed by atoms with van der Waals surface area (Å²) in [5.74, 6) is -0.101. The summed E-state index contributed by atoms with van der Waals surface area (Å²) in [6.45, 7) is 6.15. The van der Waals surface area contributed by atoms with Crippen LogP contribution in [0.1, 0.15) is 40.0 Å². The number of carbonyl (C=O) groups excluding carboxylic acids is 1. The van der Waals surface area contributed by atoms with Crippen LogP contribution in [0.25, 0.3) is 0 Å². The van der Waals surface area contributed by atoms with Gasteiger partial charge in [0.15, 0.2) is 0 Å². The van der Waals surface area contributed by atoms with Crippen LogP contribution >= 0.6 is 0 Å². The molecule has 0 aliphatic rings. The van der Waals surface area contributed by atoms with Gasteiger partial charge in [-0.3, -0.25) is 4.79 Å². The third kappa shape index (κ3) is 7.33. The Morgan fingerprint density at radius 3 is 2.53 bits per heavy atom. The van der Waals surface area contributed by atoms with E-state index >= 15 is 0 Å². The molecular formula is C11H23NO3. The van der Waals surface area contributed by atoms with E-state index in [2.05, 4.69) is 5.32 Å². The molecule has 2 N–H and O–H groups in total. The highest BCUT2D eigenvalue weighted by atomic mass is 16.5. The Kier molecular flexibility index (Phi) is 8.33. The van der Waals surface area contributed by atoms with E-state index in [4.69, 9.17) is 9.84 Å². The minimum absolute atomic E-state index is 0.0584.